The predicted octanol–water partition coefficient (Wildman–Crippen LogP) is 5.58. The lowest BCUT2D eigenvalue weighted by Gasteiger charge is -2.21. The topological polar surface area (TPSA) is 75.6 Å². The first kappa shape index (κ1) is 21.1. The highest BCUT2D eigenvalue weighted by Gasteiger charge is 2.22. The number of anilines is 1. The van der Waals surface area contributed by atoms with Crippen LogP contribution in [0.4, 0.5) is 5.69 Å². The van der Waals surface area contributed by atoms with Gasteiger partial charge in [-0.1, -0.05) is 42.5 Å². The highest BCUT2D eigenvalue weighted by molar-refractivity contribution is 6.09. The number of phenolic OH excluding ortho intramolecular Hbond substituents is 1. The highest BCUT2D eigenvalue weighted by atomic mass is 16.6. The Bertz CT molecular complexity index is 1080. The fourth-order valence-electron chi connectivity index (χ4n) is 3.01. The highest BCUT2D eigenvalue weighted by Crippen LogP contribution is 2.28. The first-order valence-corrected chi connectivity index (χ1v) is 9.68. The minimum Gasteiger partial charge on any atom is -0.508 e. The van der Waals surface area contributed by atoms with Crippen LogP contribution in [-0.2, 0) is 4.74 Å². The molecule has 0 unspecified atom stereocenters. The van der Waals surface area contributed by atoms with Crippen LogP contribution in [0.15, 0.2) is 66.7 Å². The first-order chi connectivity index (χ1) is 14.1. The third kappa shape index (κ3) is 5.06. The molecule has 2 N–H and O–H groups in total. The van der Waals surface area contributed by atoms with Crippen molar-refractivity contribution >= 4 is 17.6 Å². The molecule has 0 fully saturated rings. The number of rotatable bonds is 4. The van der Waals surface area contributed by atoms with E-state index in [2.05, 4.69) is 5.32 Å². The van der Waals surface area contributed by atoms with Gasteiger partial charge in [-0.3, -0.25) is 4.79 Å². The van der Waals surface area contributed by atoms with E-state index < -0.39 is 17.5 Å². The SMILES string of the molecule is Cc1ccc(O)cc1C(=O)Nc1cc(-c2ccccc2)ccc1C(=O)OC(C)(C)C. The van der Waals surface area contributed by atoms with Crippen molar-refractivity contribution < 1.29 is 19.4 Å². The van der Waals surface area contributed by atoms with Crippen LogP contribution in [0.1, 0.15) is 47.1 Å². The van der Waals surface area contributed by atoms with E-state index in [-0.39, 0.29) is 11.3 Å². The smallest absolute Gasteiger partial charge is 0.340 e. The van der Waals surface area contributed by atoms with Gasteiger partial charge in [0.1, 0.15) is 11.4 Å². The number of hydrogen-bond donors (Lipinski definition) is 2. The number of benzene rings is 3. The van der Waals surface area contributed by atoms with Crippen molar-refractivity contribution in [3.05, 3.63) is 83.4 Å². The molecule has 0 spiro atoms. The second-order valence-corrected chi connectivity index (χ2v) is 8.08. The van der Waals surface area contributed by atoms with Gasteiger partial charge in [0, 0.05) is 5.56 Å². The molecule has 154 valence electrons. The summed E-state index contributed by atoms with van der Waals surface area (Å²) in [6.45, 7) is 7.15. The number of carbonyl (C=O) groups excluding carboxylic acids is 2. The molecule has 0 saturated heterocycles. The van der Waals surface area contributed by atoms with E-state index in [1.807, 2.05) is 36.4 Å². The molecule has 0 heterocycles. The molecular weight excluding hydrogens is 378 g/mol. The summed E-state index contributed by atoms with van der Waals surface area (Å²) in [6.07, 6.45) is 0. The lowest BCUT2D eigenvalue weighted by molar-refractivity contribution is 0.00708. The zero-order chi connectivity index (χ0) is 21.9. The quantitative estimate of drug-likeness (QED) is 0.558. The number of hydrogen-bond acceptors (Lipinski definition) is 4. The zero-order valence-electron chi connectivity index (χ0n) is 17.5. The van der Waals surface area contributed by atoms with Crippen LogP contribution in [0, 0.1) is 6.92 Å². The Labute approximate surface area is 176 Å². The molecular formula is C25H25NO4. The molecule has 0 aliphatic heterocycles. The van der Waals surface area contributed by atoms with Crippen molar-refractivity contribution in [2.45, 2.75) is 33.3 Å². The van der Waals surface area contributed by atoms with Crippen molar-refractivity contribution in [2.75, 3.05) is 5.32 Å². The van der Waals surface area contributed by atoms with Crippen LogP contribution in [0.5, 0.6) is 5.75 Å². The Balaban J connectivity index is 2.03. The van der Waals surface area contributed by atoms with Gasteiger partial charge in [-0.25, -0.2) is 4.79 Å². The summed E-state index contributed by atoms with van der Waals surface area (Å²) in [7, 11) is 0. The van der Waals surface area contributed by atoms with E-state index in [1.54, 1.807) is 45.9 Å². The van der Waals surface area contributed by atoms with E-state index in [0.717, 1.165) is 11.1 Å². The van der Waals surface area contributed by atoms with Crippen molar-refractivity contribution in [3.63, 3.8) is 0 Å². The van der Waals surface area contributed by atoms with Crippen molar-refractivity contribution in [1.82, 2.24) is 0 Å². The molecule has 0 aromatic heterocycles. The van der Waals surface area contributed by atoms with Gasteiger partial charge in [-0.2, -0.15) is 0 Å². The summed E-state index contributed by atoms with van der Waals surface area (Å²) in [5, 5.41) is 12.6. The standard InChI is InChI=1S/C25H25NO4/c1-16-10-12-19(27)15-21(16)23(28)26-22-14-18(17-8-6-5-7-9-17)11-13-20(22)24(29)30-25(2,3)4/h5-15,27H,1-4H3,(H,26,28). The van der Waals surface area contributed by atoms with Gasteiger partial charge in [0.2, 0.25) is 0 Å². The summed E-state index contributed by atoms with van der Waals surface area (Å²) in [4.78, 5) is 25.7. The number of aryl methyl sites for hydroxylation is 1. The molecule has 1 amide bonds. The maximum absolute atomic E-state index is 12.9. The van der Waals surface area contributed by atoms with Gasteiger partial charge in [-0.15, -0.1) is 0 Å². The number of phenols is 1. The third-order valence-corrected chi connectivity index (χ3v) is 4.46. The fourth-order valence-corrected chi connectivity index (χ4v) is 3.01. The predicted molar refractivity (Wildman–Crippen MR) is 118 cm³/mol. The second-order valence-electron chi connectivity index (χ2n) is 8.08. The van der Waals surface area contributed by atoms with Crippen molar-refractivity contribution in [2.24, 2.45) is 0 Å². The summed E-state index contributed by atoms with van der Waals surface area (Å²) >= 11 is 0. The van der Waals surface area contributed by atoms with E-state index in [0.29, 0.717) is 16.8 Å². The lowest BCUT2D eigenvalue weighted by Crippen LogP contribution is -2.25. The van der Waals surface area contributed by atoms with E-state index >= 15 is 0 Å². The molecule has 5 nitrogen and oxygen atoms in total. The van der Waals surface area contributed by atoms with Gasteiger partial charge < -0.3 is 15.2 Å². The molecule has 30 heavy (non-hydrogen) atoms. The maximum Gasteiger partial charge on any atom is 0.340 e. The maximum atomic E-state index is 12.9. The van der Waals surface area contributed by atoms with Crippen LogP contribution in [-0.4, -0.2) is 22.6 Å². The summed E-state index contributed by atoms with van der Waals surface area (Å²) in [6, 6.07) is 19.5. The Morgan fingerprint density at radius 3 is 2.23 bits per heavy atom. The summed E-state index contributed by atoms with van der Waals surface area (Å²) < 4.78 is 5.51. The normalized spacial score (nSPS) is 11.1. The molecule has 3 aromatic carbocycles. The van der Waals surface area contributed by atoms with Crippen LogP contribution in [0.25, 0.3) is 11.1 Å². The molecule has 0 aliphatic rings. The molecule has 3 aromatic rings. The number of esters is 1. The van der Waals surface area contributed by atoms with Crippen LogP contribution >= 0.6 is 0 Å². The average molecular weight is 403 g/mol. The van der Waals surface area contributed by atoms with Crippen molar-refractivity contribution in [1.29, 1.82) is 0 Å². The third-order valence-electron chi connectivity index (χ3n) is 4.46. The monoisotopic (exact) mass is 403 g/mol. The van der Waals surface area contributed by atoms with Crippen LogP contribution < -0.4 is 5.32 Å². The Kier molecular flexibility index (Phi) is 5.92. The molecule has 0 atom stereocenters. The average Bonchev–Trinajstić information content (AvgIpc) is 2.69. The van der Waals surface area contributed by atoms with Gasteiger partial charge in [0.15, 0.2) is 0 Å². The first-order valence-electron chi connectivity index (χ1n) is 9.68. The number of carbonyl (C=O) groups is 2. The number of ether oxygens (including phenoxy) is 1. The van der Waals surface area contributed by atoms with Gasteiger partial charge in [0.25, 0.3) is 5.91 Å². The Morgan fingerprint density at radius 2 is 1.57 bits per heavy atom. The summed E-state index contributed by atoms with van der Waals surface area (Å²) in [5.74, 6) is -0.945. The van der Waals surface area contributed by atoms with Gasteiger partial charge >= 0.3 is 5.97 Å². The molecule has 0 radical (unpaired) electrons. The minimum atomic E-state index is -0.668. The molecule has 0 saturated carbocycles. The second kappa shape index (κ2) is 8.41. The summed E-state index contributed by atoms with van der Waals surface area (Å²) in [5.41, 5.74) is 2.79. The molecule has 5 heteroatoms. The number of nitrogens with one attached hydrogen (secondary N) is 1. The molecule has 0 bridgehead atoms. The van der Waals surface area contributed by atoms with Gasteiger partial charge in [0.05, 0.1) is 11.3 Å². The number of amides is 1. The number of aromatic hydroxyl groups is 1. The van der Waals surface area contributed by atoms with Crippen LogP contribution in [0.3, 0.4) is 0 Å². The molecule has 3 rings (SSSR count). The minimum absolute atomic E-state index is 0.00356. The van der Waals surface area contributed by atoms with Crippen LogP contribution in [0.2, 0.25) is 0 Å². The van der Waals surface area contributed by atoms with Gasteiger partial charge in [-0.05, 0) is 68.7 Å². The van der Waals surface area contributed by atoms with E-state index in [9.17, 15) is 14.7 Å². The van der Waals surface area contributed by atoms with E-state index in [1.165, 1.54) is 12.1 Å². The zero-order valence-corrected chi connectivity index (χ0v) is 17.5. The molecule has 0 aliphatic carbocycles. The Hall–Kier alpha value is -3.60. The lowest BCUT2D eigenvalue weighted by atomic mass is 10.0. The fraction of sp³-hybridized carbons (Fsp3) is 0.200. The van der Waals surface area contributed by atoms with E-state index in [4.69, 9.17) is 4.74 Å². The Morgan fingerprint density at radius 1 is 0.867 bits per heavy atom. The largest absolute Gasteiger partial charge is 0.508 e. The van der Waals surface area contributed by atoms with Crippen molar-refractivity contribution in [3.8, 4) is 16.9 Å².